The van der Waals surface area contributed by atoms with E-state index in [-0.39, 0.29) is 5.41 Å². The monoisotopic (exact) mass is 516 g/mol. The molecular weight excluding hydrogens is 488 g/mol. The first-order valence-electron chi connectivity index (χ1n) is 11.9. The fourth-order valence-corrected chi connectivity index (χ4v) is 6.78. The number of piperidine rings is 1. The first-order chi connectivity index (χ1) is 16.5. The van der Waals surface area contributed by atoms with Crippen molar-refractivity contribution in [2.45, 2.75) is 36.8 Å². The van der Waals surface area contributed by atoms with Crippen molar-refractivity contribution in [2.24, 2.45) is 0 Å². The Balaban J connectivity index is 1.47. The number of nitrogens with zero attached hydrogens (tertiary/aromatic N) is 1. The number of rotatable bonds is 4. The number of nitrogens with one attached hydrogen (secondary N) is 1. The Hall–Kier alpha value is -2.60. The Labute approximate surface area is 208 Å². The van der Waals surface area contributed by atoms with Gasteiger partial charge < -0.3 is 14.8 Å². The summed E-state index contributed by atoms with van der Waals surface area (Å²) >= 11 is 3.72. The molecule has 1 fully saturated rings. The standard InChI is InChI=1S/C29H29BrN2O2/c1-34-22-10-5-9-21(15-22)28-13-14-32(18-20-7-3-2-4-8-20)19-29(28,33)16-24-23-11-6-12-25(30)27(23)31-26(24)17-28/h2-12,15,31,33H,13-14,16-19H2,1H3/t28-,29-/m0/s1. The lowest BCUT2D eigenvalue weighted by Crippen LogP contribution is -2.66. The normalized spacial score (nSPS) is 24.6. The van der Waals surface area contributed by atoms with Gasteiger partial charge in [0.15, 0.2) is 0 Å². The summed E-state index contributed by atoms with van der Waals surface area (Å²) in [6.07, 6.45) is 2.30. The summed E-state index contributed by atoms with van der Waals surface area (Å²) in [5.74, 6) is 0.839. The Morgan fingerprint density at radius 3 is 2.68 bits per heavy atom. The van der Waals surface area contributed by atoms with E-state index in [2.05, 4.69) is 92.5 Å². The molecule has 6 rings (SSSR count). The number of hydrogen-bond acceptors (Lipinski definition) is 3. The fraction of sp³-hybridized carbons (Fsp3) is 0.310. The average Bonchev–Trinajstić information content (AvgIpc) is 3.20. The van der Waals surface area contributed by atoms with Crippen molar-refractivity contribution >= 4 is 26.8 Å². The molecule has 5 heteroatoms. The van der Waals surface area contributed by atoms with E-state index in [1.54, 1.807) is 7.11 Å². The van der Waals surface area contributed by atoms with Gasteiger partial charge in [0, 0.05) is 46.9 Å². The van der Waals surface area contributed by atoms with Gasteiger partial charge in [0.25, 0.3) is 0 Å². The van der Waals surface area contributed by atoms with E-state index < -0.39 is 5.60 Å². The Morgan fingerprint density at radius 1 is 1.03 bits per heavy atom. The van der Waals surface area contributed by atoms with Crippen molar-refractivity contribution in [3.8, 4) is 5.75 Å². The van der Waals surface area contributed by atoms with Crippen molar-refractivity contribution in [3.63, 3.8) is 0 Å². The summed E-state index contributed by atoms with van der Waals surface area (Å²) in [6.45, 7) is 2.43. The predicted octanol–water partition coefficient (Wildman–Crippen LogP) is 5.61. The Morgan fingerprint density at radius 2 is 1.85 bits per heavy atom. The molecule has 0 spiro atoms. The van der Waals surface area contributed by atoms with Crippen molar-refractivity contribution in [1.82, 2.24) is 9.88 Å². The van der Waals surface area contributed by atoms with Crippen LogP contribution in [0.25, 0.3) is 10.9 Å². The van der Waals surface area contributed by atoms with E-state index in [9.17, 15) is 5.11 Å². The molecule has 0 saturated carbocycles. The van der Waals surface area contributed by atoms with Gasteiger partial charge in [0.1, 0.15) is 5.75 Å². The van der Waals surface area contributed by atoms with Crippen LogP contribution < -0.4 is 4.74 Å². The maximum Gasteiger partial charge on any atom is 0.119 e. The second kappa shape index (κ2) is 8.26. The van der Waals surface area contributed by atoms with Crippen LogP contribution in [0.3, 0.4) is 0 Å². The fourth-order valence-electron chi connectivity index (χ4n) is 6.31. The molecule has 1 aliphatic carbocycles. The highest BCUT2D eigenvalue weighted by molar-refractivity contribution is 9.10. The molecule has 1 saturated heterocycles. The summed E-state index contributed by atoms with van der Waals surface area (Å²) in [7, 11) is 1.71. The predicted molar refractivity (Wildman–Crippen MR) is 139 cm³/mol. The number of methoxy groups -OCH3 is 1. The molecule has 0 unspecified atom stereocenters. The van der Waals surface area contributed by atoms with E-state index in [0.717, 1.165) is 47.2 Å². The van der Waals surface area contributed by atoms with Gasteiger partial charge in [-0.3, -0.25) is 4.90 Å². The Kier molecular flexibility index (Phi) is 5.32. The van der Waals surface area contributed by atoms with Crippen LogP contribution in [0.2, 0.25) is 0 Å². The van der Waals surface area contributed by atoms with Crippen LogP contribution >= 0.6 is 15.9 Å². The smallest absolute Gasteiger partial charge is 0.119 e. The second-order valence-corrected chi connectivity index (χ2v) is 10.7. The van der Waals surface area contributed by atoms with Gasteiger partial charge >= 0.3 is 0 Å². The average molecular weight is 517 g/mol. The minimum atomic E-state index is -0.892. The molecule has 0 amide bonds. The quantitative estimate of drug-likeness (QED) is 0.370. The number of H-pyrrole nitrogens is 1. The molecule has 174 valence electrons. The molecule has 0 radical (unpaired) electrons. The van der Waals surface area contributed by atoms with Crippen LogP contribution in [-0.2, 0) is 24.8 Å². The van der Waals surface area contributed by atoms with Gasteiger partial charge in [-0.05, 0) is 63.8 Å². The highest BCUT2D eigenvalue weighted by Crippen LogP contribution is 2.52. The summed E-state index contributed by atoms with van der Waals surface area (Å²) in [6, 6.07) is 25.2. The van der Waals surface area contributed by atoms with Crippen molar-refractivity contribution in [1.29, 1.82) is 0 Å². The third-order valence-electron chi connectivity index (χ3n) is 8.03. The van der Waals surface area contributed by atoms with Gasteiger partial charge in [0.05, 0.1) is 18.2 Å². The number of β-amino-alcohol motifs (C(OH)–C–C–N with tert-alkyl or cyclic N) is 1. The van der Waals surface area contributed by atoms with Gasteiger partial charge in [-0.2, -0.15) is 0 Å². The number of likely N-dealkylation sites (tertiary alicyclic amines) is 1. The SMILES string of the molecule is COc1cccc([C@@]23CCN(Cc4ccccc4)C[C@@]2(O)Cc2c([nH]c4c(Br)cccc24)C3)c1. The molecule has 3 aromatic carbocycles. The van der Waals surface area contributed by atoms with Crippen LogP contribution in [0.1, 0.15) is 28.8 Å². The lowest BCUT2D eigenvalue weighted by Gasteiger charge is -2.56. The number of aromatic nitrogens is 1. The topological polar surface area (TPSA) is 48.5 Å². The van der Waals surface area contributed by atoms with Crippen molar-refractivity contribution < 1.29 is 9.84 Å². The molecule has 2 heterocycles. The molecule has 4 aromatic rings. The molecule has 1 aliphatic heterocycles. The maximum absolute atomic E-state index is 12.6. The van der Waals surface area contributed by atoms with Gasteiger partial charge in [-0.1, -0.05) is 54.6 Å². The summed E-state index contributed by atoms with van der Waals surface area (Å²) in [4.78, 5) is 6.13. The van der Waals surface area contributed by atoms with Crippen molar-refractivity contribution in [2.75, 3.05) is 20.2 Å². The number of aliphatic hydroxyl groups is 1. The highest BCUT2D eigenvalue weighted by Gasteiger charge is 2.57. The molecule has 2 aliphatic rings. The highest BCUT2D eigenvalue weighted by atomic mass is 79.9. The summed E-state index contributed by atoms with van der Waals surface area (Å²) in [5, 5.41) is 13.8. The number of benzene rings is 3. The molecule has 34 heavy (non-hydrogen) atoms. The molecule has 2 N–H and O–H groups in total. The zero-order valence-electron chi connectivity index (χ0n) is 19.4. The number of halogens is 1. The lowest BCUT2D eigenvalue weighted by molar-refractivity contribution is -0.105. The number of fused-ring (bicyclic) bond motifs is 4. The zero-order chi connectivity index (χ0) is 23.3. The number of para-hydroxylation sites is 1. The minimum Gasteiger partial charge on any atom is -0.497 e. The van der Waals surface area contributed by atoms with Crippen molar-refractivity contribution in [3.05, 3.63) is 99.7 Å². The maximum atomic E-state index is 12.6. The molecule has 1 aromatic heterocycles. The van der Waals surface area contributed by atoms with Crippen LogP contribution in [0.5, 0.6) is 5.75 Å². The number of hydrogen-bond donors (Lipinski definition) is 2. The third-order valence-corrected chi connectivity index (χ3v) is 8.69. The second-order valence-electron chi connectivity index (χ2n) is 9.89. The van der Waals surface area contributed by atoms with E-state index in [1.807, 2.05) is 6.07 Å². The summed E-state index contributed by atoms with van der Waals surface area (Å²) < 4.78 is 6.65. The lowest BCUT2D eigenvalue weighted by atomic mass is 9.56. The zero-order valence-corrected chi connectivity index (χ0v) is 20.9. The first kappa shape index (κ1) is 21.9. The largest absolute Gasteiger partial charge is 0.497 e. The number of aromatic amines is 1. The van der Waals surface area contributed by atoms with Gasteiger partial charge in [-0.25, -0.2) is 0 Å². The van der Waals surface area contributed by atoms with E-state index in [4.69, 9.17) is 4.74 Å². The van der Waals surface area contributed by atoms with Crippen LogP contribution in [0.15, 0.2) is 77.3 Å². The minimum absolute atomic E-state index is 0.380. The van der Waals surface area contributed by atoms with Crippen LogP contribution in [-0.4, -0.2) is 40.8 Å². The molecule has 0 bridgehead atoms. The molecule has 2 atom stereocenters. The third kappa shape index (κ3) is 3.41. The van der Waals surface area contributed by atoms with E-state index in [1.165, 1.54) is 22.2 Å². The van der Waals surface area contributed by atoms with Crippen LogP contribution in [0, 0.1) is 0 Å². The van der Waals surface area contributed by atoms with Gasteiger partial charge in [-0.15, -0.1) is 0 Å². The molecule has 4 nitrogen and oxygen atoms in total. The number of ether oxygens (including phenoxy) is 1. The Bertz CT molecular complexity index is 1350. The first-order valence-corrected chi connectivity index (χ1v) is 12.7. The molecular formula is C29H29BrN2O2. The van der Waals surface area contributed by atoms with Crippen LogP contribution in [0.4, 0.5) is 0 Å². The van der Waals surface area contributed by atoms with E-state index >= 15 is 0 Å². The van der Waals surface area contributed by atoms with Gasteiger partial charge in [0.2, 0.25) is 0 Å². The summed E-state index contributed by atoms with van der Waals surface area (Å²) in [5.41, 5.74) is 4.79. The van der Waals surface area contributed by atoms with E-state index in [0.29, 0.717) is 13.0 Å².